The fraction of sp³-hybridized carbons (Fsp3) is 0.500. The van der Waals surface area contributed by atoms with Crippen molar-refractivity contribution in [3.63, 3.8) is 0 Å². The fourth-order valence-corrected chi connectivity index (χ4v) is 4.85. The summed E-state index contributed by atoms with van der Waals surface area (Å²) in [5, 5.41) is 6.63. The van der Waals surface area contributed by atoms with Gasteiger partial charge >= 0.3 is 6.18 Å². The zero-order chi connectivity index (χ0) is 20.6. The van der Waals surface area contributed by atoms with Crippen LogP contribution in [0.1, 0.15) is 57.5 Å². The Hall–Kier alpha value is -2.36. The van der Waals surface area contributed by atoms with Crippen molar-refractivity contribution >= 4 is 28.2 Å². The molecule has 0 unspecified atom stereocenters. The number of anilines is 1. The average Bonchev–Trinajstić information content (AvgIpc) is 3.12. The molecule has 1 aliphatic rings. The highest BCUT2D eigenvalue weighted by Crippen LogP contribution is 2.36. The molecule has 3 N–H and O–H groups in total. The van der Waals surface area contributed by atoms with Crippen molar-refractivity contribution in [3.05, 3.63) is 33.0 Å². The number of rotatable bonds is 5. The molecule has 3 rings (SSSR count). The maximum Gasteiger partial charge on any atom is 0.435 e. The van der Waals surface area contributed by atoms with E-state index in [9.17, 15) is 22.8 Å². The maximum atomic E-state index is 13.3. The van der Waals surface area contributed by atoms with Crippen LogP contribution in [0.2, 0.25) is 0 Å². The van der Waals surface area contributed by atoms with Gasteiger partial charge in [-0.3, -0.25) is 14.3 Å². The van der Waals surface area contributed by atoms with Crippen LogP contribution in [0.15, 0.2) is 0 Å². The standard InChI is InChI=1S/C18H21F3N4O2S/c1-3-10-9(2)28-17(14(10)16(22)27)23-13(26)8-25-12-7-5-4-6-11(12)15(24-25)18(19,20)21/h3-8H2,1-2H3,(H2,22,27)(H,23,26). The van der Waals surface area contributed by atoms with Crippen LogP contribution < -0.4 is 11.1 Å². The number of hydrogen-bond acceptors (Lipinski definition) is 4. The zero-order valence-electron chi connectivity index (χ0n) is 15.6. The SMILES string of the molecule is CCc1c(C)sc(NC(=O)Cn2nc(C(F)(F)F)c3c2CCCC3)c1C(N)=O. The van der Waals surface area contributed by atoms with Crippen molar-refractivity contribution in [1.29, 1.82) is 0 Å². The van der Waals surface area contributed by atoms with E-state index in [0.717, 1.165) is 21.5 Å². The Morgan fingerprint density at radius 1 is 1.29 bits per heavy atom. The predicted molar refractivity (Wildman–Crippen MR) is 99.5 cm³/mol. The van der Waals surface area contributed by atoms with Gasteiger partial charge in [-0.25, -0.2) is 0 Å². The Morgan fingerprint density at radius 2 is 1.96 bits per heavy atom. The highest BCUT2D eigenvalue weighted by atomic mass is 32.1. The number of nitrogens with one attached hydrogen (secondary N) is 1. The molecule has 2 aromatic heterocycles. The number of hydrogen-bond donors (Lipinski definition) is 2. The van der Waals surface area contributed by atoms with E-state index < -0.39 is 23.7 Å². The number of carbonyl (C=O) groups is 2. The van der Waals surface area contributed by atoms with Gasteiger partial charge in [0.25, 0.3) is 5.91 Å². The van der Waals surface area contributed by atoms with Gasteiger partial charge in [-0.15, -0.1) is 11.3 Å². The summed E-state index contributed by atoms with van der Waals surface area (Å²) in [5.41, 5.74) is 6.21. The van der Waals surface area contributed by atoms with E-state index in [-0.39, 0.29) is 17.7 Å². The monoisotopic (exact) mass is 414 g/mol. The largest absolute Gasteiger partial charge is 0.435 e. The molecular weight excluding hydrogens is 393 g/mol. The number of aromatic nitrogens is 2. The molecule has 0 saturated carbocycles. The summed E-state index contributed by atoms with van der Waals surface area (Å²) in [6.07, 6.45) is -1.78. The van der Waals surface area contributed by atoms with Gasteiger partial charge in [-0.1, -0.05) is 6.92 Å². The van der Waals surface area contributed by atoms with Crippen molar-refractivity contribution in [3.8, 4) is 0 Å². The molecule has 0 spiro atoms. The molecule has 28 heavy (non-hydrogen) atoms. The normalized spacial score (nSPS) is 14.0. The second-order valence-corrected chi connectivity index (χ2v) is 7.97. The lowest BCUT2D eigenvalue weighted by molar-refractivity contribution is -0.142. The van der Waals surface area contributed by atoms with E-state index in [1.807, 2.05) is 13.8 Å². The molecule has 6 nitrogen and oxygen atoms in total. The minimum atomic E-state index is -4.55. The minimum absolute atomic E-state index is 0.185. The van der Waals surface area contributed by atoms with E-state index in [1.165, 1.54) is 11.3 Å². The van der Waals surface area contributed by atoms with E-state index in [2.05, 4.69) is 10.4 Å². The Balaban J connectivity index is 1.87. The van der Waals surface area contributed by atoms with Crippen LogP contribution in [-0.2, 0) is 36.8 Å². The summed E-state index contributed by atoms with van der Waals surface area (Å²) >= 11 is 1.23. The van der Waals surface area contributed by atoms with Gasteiger partial charge in [0.2, 0.25) is 5.91 Å². The van der Waals surface area contributed by atoms with Crippen molar-refractivity contribution in [2.24, 2.45) is 5.73 Å². The van der Waals surface area contributed by atoms with Crippen LogP contribution in [0.25, 0.3) is 0 Å². The lowest BCUT2D eigenvalue weighted by Crippen LogP contribution is -2.23. The summed E-state index contributed by atoms with van der Waals surface area (Å²) < 4.78 is 41.0. The van der Waals surface area contributed by atoms with Crippen LogP contribution >= 0.6 is 11.3 Å². The first-order chi connectivity index (χ1) is 13.1. The van der Waals surface area contributed by atoms with Gasteiger partial charge < -0.3 is 11.1 Å². The van der Waals surface area contributed by atoms with Crippen molar-refractivity contribution < 1.29 is 22.8 Å². The van der Waals surface area contributed by atoms with Crippen LogP contribution in [0.3, 0.4) is 0 Å². The molecule has 2 aromatic rings. The number of fused-ring (bicyclic) bond motifs is 1. The van der Waals surface area contributed by atoms with Gasteiger partial charge in [0.15, 0.2) is 5.69 Å². The summed E-state index contributed by atoms with van der Waals surface area (Å²) in [5.74, 6) is -1.19. The lowest BCUT2D eigenvalue weighted by Gasteiger charge is -2.14. The Kier molecular flexibility index (Phi) is 5.51. The third kappa shape index (κ3) is 3.78. The number of aryl methyl sites for hydroxylation is 1. The summed E-state index contributed by atoms with van der Waals surface area (Å²) in [4.78, 5) is 25.2. The number of nitrogens with zero attached hydrogens (tertiary/aromatic N) is 2. The fourth-order valence-electron chi connectivity index (χ4n) is 3.68. The summed E-state index contributed by atoms with van der Waals surface area (Å²) in [6.45, 7) is 3.35. The van der Waals surface area contributed by atoms with Gasteiger partial charge in [0.1, 0.15) is 11.5 Å². The molecule has 0 bridgehead atoms. The van der Waals surface area contributed by atoms with Crippen LogP contribution in [0.5, 0.6) is 0 Å². The number of thiophene rings is 1. The smallest absolute Gasteiger partial charge is 0.365 e. The first kappa shape index (κ1) is 20.4. The second kappa shape index (κ2) is 7.57. The van der Waals surface area contributed by atoms with E-state index in [0.29, 0.717) is 36.4 Å². The number of halogens is 3. The number of primary amides is 1. The van der Waals surface area contributed by atoms with E-state index in [4.69, 9.17) is 5.73 Å². The highest BCUT2D eigenvalue weighted by molar-refractivity contribution is 7.16. The molecule has 0 saturated heterocycles. The molecule has 1 aliphatic carbocycles. The molecule has 0 aliphatic heterocycles. The van der Waals surface area contributed by atoms with Crippen LogP contribution in [-0.4, -0.2) is 21.6 Å². The zero-order valence-corrected chi connectivity index (χ0v) is 16.4. The molecule has 0 aromatic carbocycles. The predicted octanol–water partition coefficient (Wildman–Crippen LogP) is 3.45. The summed E-state index contributed by atoms with van der Waals surface area (Å²) in [6, 6.07) is 0. The molecule has 0 radical (unpaired) electrons. The number of carbonyl (C=O) groups excluding carboxylic acids is 2. The Labute approximate surface area is 163 Å². The molecule has 0 atom stereocenters. The van der Waals surface area contributed by atoms with E-state index >= 15 is 0 Å². The Morgan fingerprint density at radius 3 is 2.57 bits per heavy atom. The molecule has 2 amide bonds. The Bertz CT molecular complexity index is 930. The minimum Gasteiger partial charge on any atom is -0.365 e. The van der Waals surface area contributed by atoms with Gasteiger partial charge in [-0.2, -0.15) is 18.3 Å². The molecule has 0 fully saturated rings. The highest BCUT2D eigenvalue weighted by Gasteiger charge is 2.39. The first-order valence-corrected chi connectivity index (χ1v) is 9.82. The third-order valence-corrected chi connectivity index (χ3v) is 5.94. The average molecular weight is 414 g/mol. The van der Waals surface area contributed by atoms with Crippen molar-refractivity contribution in [2.45, 2.75) is 58.7 Å². The first-order valence-electron chi connectivity index (χ1n) is 9.01. The molecule has 152 valence electrons. The number of alkyl halides is 3. The number of nitrogens with two attached hydrogens (primary N) is 1. The van der Waals surface area contributed by atoms with E-state index in [1.54, 1.807) is 0 Å². The van der Waals surface area contributed by atoms with Gasteiger partial charge in [-0.05, 0) is 44.6 Å². The molecule has 10 heteroatoms. The number of amides is 2. The van der Waals surface area contributed by atoms with Gasteiger partial charge in [0.05, 0.1) is 5.56 Å². The molecule has 2 heterocycles. The van der Waals surface area contributed by atoms with Crippen molar-refractivity contribution in [2.75, 3.05) is 5.32 Å². The summed E-state index contributed by atoms with van der Waals surface area (Å²) in [7, 11) is 0. The molecular formula is C18H21F3N4O2S. The maximum absolute atomic E-state index is 13.3. The van der Waals surface area contributed by atoms with Crippen LogP contribution in [0, 0.1) is 6.92 Å². The van der Waals surface area contributed by atoms with Crippen LogP contribution in [0.4, 0.5) is 18.2 Å². The van der Waals surface area contributed by atoms with Gasteiger partial charge in [0, 0.05) is 16.1 Å². The lowest BCUT2D eigenvalue weighted by atomic mass is 9.95. The quantitative estimate of drug-likeness (QED) is 0.785. The van der Waals surface area contributed by atoms with Crippen molar-refractivity contribution in [1.82, 2.24) is 9.78 Å². The topological polar surface area (TPSA) is 90.0 Å². The third-order valence-electron chi connectivity index (χ3n) is 4.88. The second-order valence-electron chi connectivity index (χ2n) is 6.74.